The largest absolute Gasteiger partial charge is 0.491 e. The highest BCUT2D eigenvalue weighted by molar-refractivity contribution is 5.27. The van der Waals surface area contributed by atoms with Gasteiger partial charge in [0.2, 0.25) is 0 Å². The number of benzene rings is 1. The third-order valence-corrected chi connectivity index (χ3v) is 2.55. The molecule has 1 rings (SSSR count). The van der Waals surface area contributed by atoms with E-state index >= 15 is 0 Å². The normalized spacial score (nSPS) is 12.8. The molecule has 1 atom stereocenters. The van der Waals surface area contributed by atoms with Crippen LogP contribution in [0.1, 0.15) is 39.7 Å². The van der Waals surface area contributed by atoms with Crippen molar-refractivity contribution in [2.75, 3.05) is 0 Å². The molecule has 90 valence electrons. The Labute approximate surface area is 99.0 Å². The highest BCUT2D eigenvalue weighted by Crippen LogP contribution is 2.14. The van der Waals surface area contributed by atoms with Crippen LogP contribution in [0.5, 0.6) is 5.75 Å². The molecule has 1 N–H and O–H groups in total. The van der Waals surface area contributed by atoms with Crippen molar-refractivity contribution in [2.45, 2.75) is 52.8 Å². The van der Waals surface area contributed by atoms with Crippen molar-refractivity contribution in [3.05, 3.63) is 29.8 Å². The second-order valence-corrected chi connectivity index (χ2v) is 4.52. The first-order chi connectivity index (χ1) is 7.61. The highest BCUT2D eigenvalue weighted by Gasteiger charge is 2.01. The van der Waals surface area contributed by atoms with Crippen molar-refractivity contribution in [1.82, 2.24) is 5.32 Å². The highest BCUT2D eigenvalue weighted by atomic mass is 16.5. The van der Waals surface area contributed by atoms with Crippen molar-refractivity contribution >= 4 is 0 Å². The van der Waals surface area contributed by atoms with Gasteiger partial charge in [0, 0.05) is 12.6 Å². The predicted octanol–water partition coefficient (Wildman–Crippen LogP) is 3.36. The Morgan fingerprint density at radius 1 is 1.12 bits per heavy atom. The smallest absolute Gasteiger partial charge is 0.119 e. The van der Waals surface area contributed by atoms with Crippen LogP contribution in [0.25, 0.3) is 0 Å². The first kappa shape index (κ1) is 13.0. The minimum Gasteiger partial charge on any atom is -0.491 e. The van der Waals surface area contributed by atoms with Gasteiger partial charge in [0.25, 0.3) is 0 Å². The minimum atomic E-state index is 0.291. The molecule has 0 spiro atoms. The topological polar surface area (TPSA) is 21.3 Å². The lowest BCUT2D eigenvalue weighted by Crippen LogP contribution is -2.21. The number of rotatable bonds is 6. The van der Waals surface area contributed by atoms with E-state index in [0.29, 0.717) is 12.1 Å². The minimum absolute atomic E-state index is 0.291. The number of nitrogens with one attached hydrogen (secondary N) is 1. The number of hydrogen-bond donors (Lipinski definition) is 1. The monoisotopic (exact) mass is 221 g/mol. The average Bonchev–Trinajstić information content (AvgIpc) is 2.28. The first-order valence-corrected chi connectivity index (χ1v) is 6.10. The van der Waals surface area contributed by atoms with Gasteiger partial charge in [-0.1, -0.05) is 32.9 Å². The molecule has 0 aromatic heterocycles. The van der Waals surface area contributed by atoms with Gasteiger partial charge in [0.15, 0.2) is 0 Å². The van der Waals surface area contributed by atoms with E-state index < -0.39 is 0 Å². The van der Waals surface area contributed by atoms with Crippen LogP contribution in [0.15, 0.2) is 24.3 Å². The van der Waals surface area contributed by atoms with Crippen LogP contribution in [0, 0.1) is 0 Å². The summed E-state index contributed by atoms with van der Waals surface area (Å²) in [5.74, 6) is 0.961. The Morgan fingerprint density at radius 2 is 1.75 bits per heavy atom. The molecule has 0 unspecified atom stereocenters. The van der Waals surface area contributed by atoms with Crippen LogP contribution in [-0.4, -0.2) is 12.1 Å². The van der Waals surface area contributed by atoms with Crippen LogP contribution in [-0.2, 0) is 6.54 Å². The molecular formula is C14H23NO. The fourth-order valence-electron chi connectivity index (χ4n) is 1.32. The van der Waals surface area contributed by atoms with Gasteiger partial charge < -0.3 is 10.1 Å². The van der Waals surface area contributed by atoms with Gasteiger partial charge in [-0.05, 0) is 31.0 Å². The van der Waals surface area contributed by atoms with Gasteiger partial charge in [0.05, 0.1) is 6.10 Å². The maximum absolute atomic E-state index is 5.72. The molecule has 0 amide bonds. The molecule has 0 radical (unpaired) electrons. The second-order valence-electron chi connectivity index (χ2n) is 4.52. The third-order valence-electron chi connectivity index (χ3n) is 2.55. The lowest BCUT2D eigenvalue weighted by Gasteiger charge is -2.13. The zero-order valence-electron chi connectivity index (χ0n) is 10.8. The number of hydrogen-bond acceptors (Lipinski definition) is 2. The molecule has 0 saturated carbocycles. The lowest BCUT2D eigenvalue weighted by atomic mass is 10.2. The molecule has 2 heteroatoms. The van der Waals surface area contributed by atoms with E-state index in [0.717, 1.165) is 18.7 Å². The fraction of sp³-hybridized carbons (Fsp3) is 0.571. The molecule has 0 saturated heterocycles. The molecule has 2 nitrogen and oxygen atoms in total. The molecule has 0 aliphatic rings. The second kappa shape index (κ2) is 6.54. The van der Waals surface area contributed by atoms with Crippen LogP contribution in [0.4, 0.5) is 0 Å². The van der Waals surface area contributed by atoms with Crippen molar-refractivity contribution in [1.29, 1.82) is 0 Å². The van der Waals surface area contributed by atoms with E-state index in [1.807, 2.05) is 12.1 Å². The van der Waals surface area contributed by atoms with Gasteiger partial charge in [-0.3, -0.25) is 0 Å². The third kappa shape index (κ3) is 4.67. The summed E-state index contributed by atoms with van der Waals surface area (Å²) < 4.78 is 5.72. The van der Waals surface area contributed by atoms with Crippen LogP contribution >= 0.6 is 0 Å². The maximum Gasteiger partial charge on any atom is 0.119 e. The Morgan fingerprint density at radius 3 is 2.25 bits per heavy atom. The van der Waals surface area contributed by atoms with Crippen LogP contribution in [0.3, 0.4) is 0 Å². The SMILES string of the molecule is CC[C@H](C)Oc1ccc(CNC(C)C)cc1. The lowest BCUT2D eigenvalue weighted by molar-refractivity contribution is 0.217. The van der Waals surface area contributed by atoms with Gasteiger partial charge in [-0.2, -0.15) is 0 Å². The van der Waals surface area contributed by atoms with Crippen molar-refractivity contribution in [2.24, 2.45) is 0 Å². The molecule has 1 aromatic carbocycles. The summed E-state index contributed by atoms with van der Waals surface area (Å²) in [5.41, 5.74) is 1.30. The number of ether oxygens (including phenoxy) is 1. The quantitative estimate of drug-likeness (QED) is 0.795. The Hall–Kier alpha value is -1.02. The molecule has 0 fully saturated rings. The fourth-order valence-corrected chi connectivity index (χ4v) is 1.32. The molecule has 0 heterocycles. The van der Waals surface area contributed by atoms with Crippen LogP contribution in [0.2, 0.25) is 0 Å². The zero-order chi connectivity index (χ0) is 12.0. The molecular weight excluding hydrogens is 198 g/mol. The summed E-state index contributed by atoms with van der Waals surface area (Å²) in [6.07, 6.45) is 1.33. The van der Waals surface area contributed by atoms with E-state index in [9.17, 15) is 0 Å². The van der Waals surface area contributed by atoms with Crippen molar-refractivity contribution < 1.29 is 4.74 Å². The predicted molar refractivity (Wildman–Crippen MR) is 68.8 cm³/mol. The Kier molecular flexibility index (Phi) is 5.33. The maximum atomic E-state index is 5.72. The average molecular weight is 221 g/mol. The molecule has 0 aliphatic carbocycles. The summed E-state index contributed by atoms with van der Waals surface area (Å²) in [6, 6.07) is 8.85. The molecule has 16 heavy (non-hydrogen) atoms. The zero-order valence-corrected chi connectivity index (χ0v) is 10.8. The summed E-state index contributed by atoms with van der Waals surface area (Å²) in [6.45, 7) is 9.45. The van der Waals surface area contributed by atoms with Gasteiger partial charge in [-0.25, -0.2) is 0 Å². The van der Waals surface area contributed by atoms with E-state index in [1.54, 1.807) is 0 Å². The Balaban J connectivity index is 2.47. The van der Waals surface area contributed by atoms with E-state index in [4.69, 9.17) is 4.74 Å². The summed E-state index contributed by atoms with van der Waals surface area (Å²) in [4.78, 5) is 0. The summed E-state index contributed by atoms with van der Waals surface area (Å²) in [5, 5.41) is 3.39. The molecule has 1 aromatic rings. The standard InChI is InChI=1S/C14H23NO/c1-5-12(4)16-14-8-6-13(7-9-14)10-15-11(2)3/h6-9,11-12,15H,5,10H2,1-4H3/t12-/m0/s1. The summed E-state index contributed by atoms with van der Waals surface area (Å²) in [7, 11) is 0. The Bertz CT molecular complexity index is 292. The van der Waals surface area contributed by atoms with Gasteiger partial charge in [0.1, 0.15) is 5.75 Å². The summed E-state index contributed by atoms with van der Waals surface area (Å²) >= 11 is 0. The van der Waals surface area contributed by atoms with Crippen molar-refractivity contribution in [3.63, 3.8) is 0 Å². The van der Waals surface area contributed by atoms with E-state index in [1.165, 1.54) is 5.56 Å². The molecule has 0 aliphatic heterocycles. The van der Waals surface area contributed by atoms with E-state index in [2.05, 4.69) is 45.1 Å². The van der Waals surface area contributed by atoms with E-state index in [-0.39, 0.29) is 0 Å². The van der Waals surface area contributed by atoms with Crippen LogP contribution < -0.4 is 10.1 Å². The molecule has 0 bridgehead atoms. The first-order valence-electron chi connectivity index (χ1n) is 6.10. The van der Waals surface area contributed by atoms with Gasteiger partial charge >= 0.3 is 0 Å². The van der Waals surface area contributed by atoms with Gasteiger partial charge in [-0.15, -0.1) is 0 Å². The van der Waals surface area contributed by atoms with Crippen molar-refractivity contribution in [3.8, 4) is 5.75 Å².